The van der Waals surface area contributed by atoms with E-state index in [1.165, 1.54) is 20.7 Å². The van der Waals surface area contributed by atoms with Crippen molar-refractivity contribution in [3.8, 4) is 5.69 Å². The zero-order chi connectivity index (χ0) is 22.6. The van der Waals surface area contributed by atoms with E-state index >= 15 is 0 Å². The Kier molecular flexibility index (Phi) is 7.03. The van der Waals surface area contributed by atoms with Crippen LogP contribution in [0.5, 0.6) is 0 Å². The molecule has 3 rings (SSSR count). The highest BCUT2D eigenvalue weighted by Gasteiger charge is 2.24. The van der Waals surface area contributed by atoms with Gasteiger partial charge in [0.05, 0.1) is 16.1 Å². The first-order valence-corrected chi connectivity index (χ1v) is 12.0. The van der Waals surface area contributed by atoms with Crippen molar-refractivity contribution in [2.75, 3.05) is 24.7 Å². The summed E-state index contributed by atoms with van der Waals surface area (Å²) in [6.45, 7) is 3.94. The molecule has 1 aromatic heterocycles. The van der Waals surface area contributed by atoms with Crippen LogP contribution in [0.1, 0.15) is 24.2 Å². The molecule has 1 N–H and O–H groups in total. The lowest BCUT2D eigenvalue weighted by Crippen LogP contribution is -2.31. The first kappa shape index (κ1) is 22.8. The fourth-order valence-corrected chi connectivity index (χ4v) is 4.85. The van der Waals surface area contributed by atoms with Crippen molar-refractivity contribution in [2.24, 2.45) is 0 Å². The largest absolute Gasteiger partial charge is 0.322 e. The Hall–Kier alpha value is -2.83. The summed E-state index contributed by atoms with van der Waals surface area (Å²) >= 11 is 1.35. The lowest BCUT2D eigenvalue weighted by molar-refractivity contribution is 0.102. The molecule has 0 unspecified atom stereocenters. The van der Waals surface area contributed by atoms with Gasteiger partial charge in [0.1, 0.15) is 5.82 Å². The number of nitrogens with one attached hydrogen (secondary N) is 1. The van der Waals surface area contributed by atoms with Crippen LogP contribution in [0.25, 0.3) is 5.69 Å². The molecule has 164 valence electrons. The maximum Gasteiger partial charge on any atom is 0.258 e. The van der Waals surface area contributed by atoms with Gasteiger partial charge in [0.25, 0.3) is 5.91 Å². The van der Waals surface area contributed by atoms with E-state index in [0.717, 1.165) is 18.2 Å². The van der Waals surface area contributed by atoms with Crippen molar-refractivity contribution in [3.63, 3.8) is 0 Å². The zero-order valence-electron chi connectivity index (χ0n) is 17.1. The van der Waals surface area contributed by atoms with Crippen molar-refractivity contribution in [1.82, 2.24) is 24.5 Å². The fourth-order valence-electron chi connectivity index (χ4n) is 2.93. The second-order valence-electron chi connectivity index (χ2n) is 6.31. The Morgan fingerprint density at radius 2 is 1.94 bits per heavy atom. The minimum Gasteiger partial charge on any atom is -0.322 e. The number of hydrogen-bond donors (Lipinski definition) is 1. The molecule has 0 bridgehead atoms. The minimum atomic E-state index is -3.83. The van der Waals surface area contributed by atoms with Crippen LogP contribution in [0, 0.1) is 5.82 Å². The molecular formula is C19H21FN6O3S2. The molecule has 3 aromatic rings. The number of carbonyl (C=O) groups excluding carboxylic acids is 1. The summed E-state index contributed by atoms with van der Waals surface area (Å²) in [7, 11) is -3.83. The number of anilines is 1. The Morgan fingerprint density at radius 1 is 1.19 bits per heavy atom. The number of amides is 1. The van der Waals surface area contributed by atoms with Crippen LogP contribution in [0.4, 0.5) is 10.1 Å². The molecule has 0 saturated heterocycles. The van der Waals surface area contributed by atoms with E-state index in [4.69, 9.17) is 0 Å². The van der Waals surface area contributed by atoms with Crippen molar-refractivity contribution in [2.45, 2.75) is 23.9 Å². The van der Waals surface area contributed by atoms with Crippen LogP contribution in [-0.2, 0) is 10.0 Å². The third-order valence-corrected chi connectivity index (χ3v) is 7.16. The Balaban J connectivity index is 1.90. The molecule has 31 heavy (non-hydrogen) atoms. The Morgan fingerprint density at radius 3 is 2.61 bits per heavy atom. The van der Waals surface area contributed by atoms with Gasteiger partial charge < -0.3 is 5.32 Å². The van der Waals surface area contributed by atoms with Gasteiger partial charge in [-0.1, -0.05) is 31.7 Å². The second-order valence-corrected chi connectivity index (χ2v) is 9.02. The topological polar surface area (TPSA) is 110 Å². The average Bonchev–Trinajstić information content (AvgIpc) is 3.23. The van der Waals surface area contributed by atoms with Crippen LogP contribution in [-0.4, -0.2) is 58.2 Å². The maximum absolute atomic E-state index is 14.4. The highest BCUT2D eigenvalue weighted by Crippen LogP contribution is 2.22. The molecule has 0 saturated carbocycles. The van der Waals surface area contributed by atoms with E-state index < -0.39 is 21.7 Å². The number of hydrogen-bond acceptors (Lipinski definition) is 7. The molecule has 9 nitrogen and oxygen atoms in total. The van der Waals surface area contributed by atoms with Crippen LogP contribution in [0.3, 0.4) is 0 Å². The number of halogens is 1. The predicted octanol–water partition coefficient (Wildman–Crippen LogP) is 2.81. The van der Waals surface area contributed by atoms with Gasteiger partial charge in [-0.2, -0.15) is 8.99 Å². The molecule has 1 heterocycles. The SMILES string of the molecule is CCN(CC)S(=O)(=O)c1ccc(F)c(C(=O)Nc2cccc(-n3nnnc3SC)c2)c1. The molecule has 2 aromatic carbocycles. The van der Waals surface area contributed by atoms with Gasteiger partial charge in [-0.25, -0.2) is 12.8 Å². The van der Waals surface area contributed by atoms with Crippen molar-refractivity contribution in [3.05, 3.63) is 53.8 Å². The monoisotopic (exact) mass is 464 g/mol. The number of nitrogens with zero attached hydrogens (tertiary/aromatic N) is 5. The lowest BCUT2D eigenvalue weighted by Gasteiger charge is -2.19. The number of aromatic nitrogens is 4. The molecule has 0 spiro atoms. The lowest BCUT2D eigenvalue weighted by atomic mass is 10.2. The van der Waals surface area contributed by atoms with Gasteiger partial charge >= 0.3 is 0 Å². The Labute approximate surface area is 183 Å². The zero-order valence-corrected chi connectivity index (χ0v) is 18.7. The third kappa shape index (κ3) is 4.75. The number of rotatable bonds is 8. The van der Waals surface area contributed by atoms with Crippen LogP contribution in [0.15, 0.2) is 52.5 Å². The molecule has 0 aliphatic rings. The van der Waals surface area contributed by atoms with Crippen LogP contribution < -0.4 is 5.32 Å². The molecule has 0 fully saturated rings. The van der Waals surface area contributed by atoms with Crippen LogP contribution >= 0.6 is 11.8 Å². The summed E-state index contributed by atoms with van der Waals surface area (Å²) in [6, 6.07) is 9.88. The first-order chi connectivity index (χ1) is 14.8. The van der Waals surface area contributed by atoms with Crippen LogP contribution in [0.2, 0.25) is 0 Å². The van der Waals surface area contributed by atoms with E-state index in [2.05, 4.69) is 20.8 Å². The third-order valence-electron chi connectivity index (χ3n) is 4.50. The van der Waals surface area contributed by atoms with Gasteiger partial charge in [-0.15, -0.1) is 5.10 Å². The molecular weight excluding hydrogens is 443 g/mol. The number of tetrazole rings is 1. The summed E-state index contributed by atoms with van der Waals surface area (Å²) in [5.74, 6) is -1.59. The quantitative estimate of drug-likeness (QED) is 0.511. The number of sulfonamides is 1. The standard InChI is InChI=1S/C19H21FN6O3S2/c1-4-25(5-2)31(28,29)15-9-10-17(20)16(12-15)18(27)21-13-7-6-8-14(11-13)26-19(30-3)22-23-24-26/h6-12H,4-5H2,1-3H3,(H,21,27). The van der Waals surface area contributed by atoms with Crippen molar-refractivity contribution < 1.29 is 17.6 Å². The van der Waals surface area contributed by atoms with E-state index in [-0.39, 0.29) is 23.5 Å². The number of carbonyl (C=O) groups is 1. The van der Waals surface area contributed by atoms with Crippen molar-refractivity contribution in [1.29, 1.82) is 0 Å². The molecule has 12 heteroatoms. The van der Waals surface area contributed by atoms with E-state index in [1.54, 1.807) is 38.1 Å². The van der Waals surface area contributed by atoms with E-state index in [9.17, 15) is 17.6 Å². The van der Waals surface area contributed by atoms with Gasteiger partial charge in [0, 0.05) is 18.8 Å². The highest BCUT2D eigenvalue weighted by molar-refractivity contribution is 7.98. The Bertz CT molecular complexity index is 1190. The van der Waals surface area contributed by atoms with Gasteiger partial charge in [-0.05, 0) is 53.1 Å². The first-order valence-electron chi connectivity index (χ1n) is 9.35. The second kappa shape index (κ2) is 9.54. The average molecular weight is 465 g/mol. The highest BCUT2D eigenvalue weighted by atomic mass is 32.2. The summed E-state index contributed by atoms with van der Waals surface area (Å²) in [6.07, 6.45) is 1.83. The summed E-state index contributed by atoms with van der Waals surface area (Å²) in [5.41, 5.74) is 0.609. The fraction of sp³-hybridized carbons (Fsp3) is 0.263. The van der Waals surface area contributed by atoms with E-state index in [0.29, 0.717) is 16.5 Å². The molecule has 0 radical (unpaired) electrons. The van der Waals surface area contributed by atoms with Gasteiger partial charge in [0.2, 0.25) is 15.2 Å². The maximum atomic E-state index is 14.4. The number of thioether (sulfide) groups is 1. The van der Waals surface area contributed by atoms with Gasteiger partial charge in [0.15, 0.2) is 0 Å². The molecule has 0 aliphatic heterocycles. The van der Waals surface area contributed by atoms with Crippen molar-refractivity contribution >= 4 is 33.4 Å². The predicted molar refractivity (Wildman–Crippen MR) is 115 cm³/mol. The summed E-state index contributed by atoms with van der Waals surface area (Å²) in [5, 5.41) is 14.6. The molecule has 1 amide bonds. The summed E-state index contributed by atoms with van der Waals surface area (Å²) in [4.78, 5) is 12.6. The normalized spacial score (nSPS) is 11.6. The van der Waals surface area contributed by atoms with E-state index in [1.807, 2.05) is 6.26 Å². The smallest absolute Gasteiger partial charge is 0.258 e. The number of benzene rings is 2. The molecule has 0 atom stereocenters. The summed E-state index contributed by atoms with van der Waals surface area (Å²) < 4.78 is 42.6. The minimum absolute atomic E-state index is 0.144. The molecule has 0 aliphatic carbocycles. The van der Waals surface area contributed by atoms with Gasteiger partial charge in [-0.3, -0.25) is 4.79 Å².